The number of para-hydroxylation sites is 1. The van der Waals surface area contributed by atoms with E-state index in [0.717, 1.165) is 12.2 Å². The van der Waals surface area contributed by atoms with Crippen molar-refractivity contribution in [3.05, 3.63) is 117 Å². The average molecular weight is 656 g/mol. The number of hydrogen-bond donors (Lipinski definition) is 1. The fourth-order valence-electron chi connectivity index (χ4n) is 4.37. The van der Waals surface area contributed by atoms with Gasteiger partial charge in [-0.1, -0.05) is 53.0 Å². The van der Waals surface area contributed by atoms with Crippen LogP contribution >= 0.6 is 34.8 Å². The van der Waals surface area contributed by atoms with Crippen LogP contribution in [0.25, 0.3) is 0 Å². The molecule has 1 amide bonds. The van der Waals surface area contributed by atoms with Crippen molar-refractivity contribution in [2.45, 2.75) is 28.9 Å². The predicted octanol–water partition coefficient (Wildman–Crippen LogP) is 7.21. The van der Waals surface area contributed by atoms with Gasteiger partial charge in [0.2, 0.25) is 9.84 Å². The lowest BCUT2D eigenvalue weighted by molar-refractivity contribution is 0.0787. The summed E-state index contributed by atoms with van der Waals surface area (Å²) in [6.45, 7) is 0.618. The molecular weight excluding hydrogens is 629 g/mol. The summed E-state index contributed by atoms with van der Waals surface area (Å²) in [7, 11) is -2.93. The zero-order valence-corrected chi connectivity index (χ0v) is 25.5. The minimum absolute atomic E-state index is 0.0197. The molecule has 0 radical (unpaired) electrons. The first-order chi connectivity index (χ1) is 19.9. The van der Waals surface area contributed by atoms with E-state index in [1.807, 2.05) is 0 Å². The third kappa shape index (κ3) is 7.33. The summed E-state index contributed by atoms with van der Waals surface area (Å²) in [6, 6.07) is 15.1. The maximum atomic E-state index is 16.3. The van der Waals surface area contributed by atoms with Crippen LogP contribution in [0.2, 0.25) is 15.1 Å². The van der Waals surface area contributed by atoms with Gasteiger partial charge in [-0.3, -0.25) is 4.79 Å². The maximum Gasteiger partial charge on any atom is 0.253 e. The van der Waals surface area contributed by atoms with Crippen LogP contribution in [0.15, 0.2) is 95.7 Å². The van der Waals surface area contributed by atoms with Crippen LogP contribution in [0.3, 0.4) is 0 Å². The Morgan fingerprint density at radius 2 is 1.69 bits per heavy atom. The molecule has 3 aromatic carbocycles. The minimum Gasteiger partial charge on any atom is -0.493 e. The first-order valence-electron chi connectivity index (χ1n) is 12.8. The SMILES string of the molecule is CN(CCCOc1ccccc1CNC1C=C(F)C=CC1(F)S(=O)(=O)c1ccc(Cl)cc1)C(=O)c1cc(Cl)cc(Cl)c1. The van der Waals surface area contributed by atoms with Gasteiger partial charge in [-0.15, -0.1) is 0 Å². The summed E-state index contributed by atoms with van der Waals surface area (Å²) < 4.78 is 63.0. The molecule has 6 nitrogen and oxygen atoms in total. The number of ether oxygens (including phenoxy) is 1. The number of alkyl halides is 1. The molecule has 2 atom stereocenters. The number of benzene rings is 3. The molecule has 0 saturated carbocycles. The van der Waals surface area contributed by atoms with Crippen molar-refractivity contribution >= 4 is 50.5 Å². The van der Waals surface area contributed by atoms with Gasteiger partial charge >= 0.3 is 0 Å². The molecule has 0 fully saturated rings. The summed E-state index contributed by atoms with van der Waals surface area (Å²) >= 11 is 17.9. The Morgan fingerprint density at radius 1 is 1.02 bits per heavy atom. The van der Waals surface area contributed by atoms with Gasteiger partial charge in [0.25, 0.3) is 10.9 Å². The lowest BCUT2D eigenvalue weighted by atomic mass is 10.0. The summed E-state index contributed by atoms with van der Waals surface area (Å²) in [5.74, 6) is -0.536. The molecule has 42 heavy (non-hydrogen) atoms. The zero-order chi connectivity index (χ0) is 30.5. The zero-order valence-electron chi connectivity index (χ0n) is 22.4. The van der Waals surface area contributed by atoms with Gasteiger partial charge in [-0.2, -0.15) is 0 Å². The highest BCUT2D eigenvalue weighted by Gasteiger charge is 2.50. The van der Waals surface area contributed by atoms with E-state index in [9.17, 15) is 17.6 Å². The van der Waals surface area contributed by atoms with E-state index in [1.54, 1.807) is 49.5 Å². The van der Waals surface area contributed by atoms with Crippen molar-refractivity contribution in [3.63, 3.8) is 0 Å². The van der Waals surface area contributed by atoms with Crippen LogP contribution in [0.5, 0.6) is 5.75 Å². The molecule has 2 unspecified atom stereocenters. The van der Waals surface area contributed by atoms with Gasteiger partial charge in [-0.25, -0.2) is 17.2 Å². The van der Waals surface area contributed by atoms with E-state index < -0.39 is 26.7 Å². The quantitative estimate of drug-likeness (QED) is 0.221. The number of carbonyl (C=O) groups is 1. The van der Waals surface area contributed by atoms with Gasteiger partial charge in [0.15, 0.2) is 0 Å². The second kappa shape index (κ2) is 13.6. The van der Waals surface area contributed by atoms with Crippen LogP contribution in [-0.2, 0) is 16.4 Å². The third-order valence-electron chi connectivity index (χ3n) is 6.59. The molecule has 4 rings (SSSR count). The van der Waals surface area contributed by atoms with Crippen molar-refractivity contribution in [1.29, 1.82) is 0 Å². The van der Waals surface area contributed by atoms with Crippen LogP contribution < -0.4 is 10.1 Å². The van der Waals surface area contributed by atoms with Crippen LogP contribution in [0.1, 0.15) is 22.3 Å². The van der Waals surface area contributed by atoms with Gasteiger partial charge in [0.1, 0.15) is 11.6 Å². The van der Waals surface area contributed by atoms with Gasteiger partial charge in [0, 0.05) is 46.3 Å². The van der Waals surface area contributed by atoms with Gasteiger partial charge in [-0.05, 0) is 73.2 Å². The van der Waals surface area contributed by atoms with E-state index >= 15 is 4.39 Å². The number of allylic oxidation sites excluding steroid dienone is 2. The third-order valence-corrected chi connectivity index (χ3v) is 9.39. The normalized spacial score (nSPS) is 18.4. The second-order valence-electron chi connectivity index (χ2n) is 9.59. The Labute approximate surface area is 258 Å². The molecule has 3 aromatic rings. The number of halogens is 5. The van der Waals surface area contributed by atoms with Gasteiger partial charge < -0.3 is 15.0 Å². The monoisotopic (exact) mass is 654 g/mol. The van der Waals surface area contributed by atoms with Crippen LogP contribution in [0.4, 0.5) is 8.78 Å². The highest BCUT2D eigenvalue weighted by atomic mass is 35.5. The Hall–Kier alpha value is -2.95. The van der Waals surface area contributed by atoms with E-state index in [4.69, 9.17) is 39.5 Å². The fraction of sp³-hybridized carbons (Fsp3) is 0.233. The Morgan fingerprint density at radius 3 is 2.38 bits per heavy atom. The topological polar surface area (TPSA) is 75.7 Å². The molecule has 0 heterocycles. The molecule has 0 bridgehead atoms. The molecule has 1 aliphatic carbocycles. The molecule has 1 aliphatic rings. The summed E-state index contributed by atoms with van der Waals surface area (Å²) in [6.07, 6.45) is 2.90. The van der Waals surface area contributed by atoms with E-state index in [2.05, 4.69) is 5.32 Å². The number of rotatable bonds is 11. The summed E-state index contributed by atoms with van der Waals surface area (Å²) in [5.41, 5.74) is 0.975. The fourth-order valence-corrected chi connectivity index (χ4v) is 6.61. The van der Waals surface area contributed by atoms with Crippen molar-refractivity contribution in [3.8, 4) is 5.75 Å². The molecule has 0 aliphatic heterocycles. The first kappa shape index (κ1) is 32.0. The Balaban J connectivity index is 1.39. The number of sulfone groups is 1. The van der Waals surface area contributed by atoms with Crippen LogP contribution in [-0.4, -0.2) is 50.5 Å². The van der Waals surface area contributed by atoms with E-state index in [1.165, 1.54) is 29.2 Å². The largest absolute Gasteiger partial charge is 0.493 e. The number of amides is 1. The molecule has 1 N–H and O–H groups in total. The smallest absolute Gasteiger partial charge is 0.253 e. The molecule has 0 saturated heterocycles. The van der Waals surface area contributed by atoms with Crippen molar-refractivity contribution in [2.75, 3.05) is 20.2 Å². The molecule has 222 valence electrons. The van der Waals surface area contributed by atoms with E-state index in [0.29, 0.717) is 51.0 Å². The Kier molecular flexibility index (Phi) is 10.3. The highest BCUT2D eigenvalue weighted by Crippen LogP contribution is 2.37. The molecular formula is C30H27Cl3F2N2O4S. The summed E-state index contributed by atoms with van der Waals surface area (Å²) in [5, 5.41) is 0.895. The van der Waals surface area contributed by atoms with Crippen LogP contribution in [0, 0.1) is 0 Å². The summed E-state index contributed by atoms with van der Waals surface area (Å²) in [4.78, 5) is 13.9. The average Bonchev–Trinajstić information content (AvgIpc) is 2.95. The maximum absolute atomic E-state index is 16.3. The molecule has 0 spiro atoms. The van der Waals surface area contributed by atoms with Crippen molar-refractivity contribution in [1.82, 2.24) is 10.2 Å². The lowest BCUT2D eigenvalue weighted by Gasteiger charge is -2.32. The number of nitrogens with one attached hydrogen (secondary N) is 1. The van der Waals surface area contributed by atoms with Crippen molar-refractivity contribution in [2.24, 2.45) is 0 Å². The number of hydrogen-bond acceptors (Lipinski definition) is 5. The molecule has 0 aromatic heterocycles. The lowest BCUT2D eigenvalue weighted by Crippen LogP contribution is -2.51. The predicted molar refractivity (Wildman–Crippen MR) is 161 cm³/mol. The Bertz CT molecular complexity index is 1600. The van der Waals surface area contributed by atoms with Crippen molar-refractivity contribution < 1.29 is 26.7 Å². The van der Waals surface area contributed by atoms with Gasteiger partial charge in [0.05, 0.1) is 17.5 Å². The first-order valence-corrected chi connectivity index (χ1v) is 15.4. The molecule has 12 heteroatoms. The number of nitrogens with zero attached hydrogens (tertiary/aromatic N) is 1. The minimum atomic E-state index is -4.59. The van der Waals surface area contributed by atoms with E-state index in [-0.39, 0.29) is 24.0 Å². The standard InChI is InChI=1S/C30H27Cl3F2N2O4S/c1-37(29(38)21-15-23(32)17-24(33)16-21)13-4-14-41-27-6-3-2-5-20(27)19-36-28-18-25(34)11-12-30(28,35)42(39,40)26-9-7-22(31)8-10-26/h2-3,5-12,15-18,28,36H,4,13-14,19H2,1H3. The number of carbonyl (C=O) groups excluding carboxylic acids is 1. The second-order valence-corrected chi connectivity index (χ2v) is 13.0. The highest BCUT2D eigenvalue weighted by molar-refractivity contribution is 7.93.